The van der Waals surface area contributed by atoms with E-state index in [-0.39, 0.29) is 11.8 Å². The van der Waals surface area contributed by atoms with E-state index in [2.05, 4.69) is 6.92 Å². The molecule has 38 heavy (non-hydrogen) atoms. The van der Waals surface area contributed by atoms with Gasteiger partial charge in [0.05, 0.1) is 11.1 Å². The molecule has 0 atom stereocenters. The quantitative estimate of drug-likeness (QED) is 0.288. The predicted octanol–water partition coefficient (Wildman–Crippen LogP) is 10.6. The fourth-order valence-electron chi connectivity index (χ4n) is 6.41. The number of hydrogen-bond donors (Lipinski definition) is 0. The first-order valence-corrected chi connectivity index (χ1v) is 14.1. The van der Waals surface area contributed by atoms with Crippen molar-refractivity contribution in [3.63, 3.8) is 0 Å². The second kappa shape index (κ2) is 12.3. The molecule has 2 fully saturated rings. The van der Waals surface area contributed by atoms with Gasteiger partial charge in [-0.3, -0.25) is 0 Å². The van der Waals surface area contributed by atoms with Crippen molar-refractivity contribution in [1.29, 1.82) is 0 Å². The van der Waals surface area contributed by atoms with Crippen LogP contribution in [-0.2, 0) is 12.3 Å². The van der Waals surface area contributed by atoms with Gasteiger partial charge in [-0.2, -0.15) is 22.0 Å². The SMILES string of the molecule is CCCC1CCC(CCC2CCC(c3ccc(OC(F)(F)c4ccc(C(F)(F)F)c(F)c4)cc3)CC2)CC1. The van der Waals surface area contributed by atoms with Crippen LogP contribution in [0.2, 0.25) is 0 Å². The van der Waals surface area contributed by atoms with Crippen LogP contribution >= 0.6 is 0 Å². The molecule has 0 unspecified atom stereocenters. The number of ether oxygens (including phenoxy) is 1. The summed E-state index contributed by atoms with van der Waals surface area (Å²) < 4.78 is 85.8. The molecule has 0 bridgehead atoms. The fourth-order valence-corrected chi connectivity index (χ4v) is 6.41. The monoisotopic (exact) mass is 540 g/mol. The molecule has 2 saturated carbocycles. The molecular formula is C31H38F6O. The van der Waals surface area contributed by atoms with Crippen molar-refractivity contribution < 1.29 is 31.1 Å². The Morgan fingerprint density at radius 1 is 0.711 bits per heavy atom. The molecule has 210 valence electrons. The Bertz CT molecular complexity index is 1020. The van der Waals surface area contributed by atoms with Gasteiger partial charge in [-0.15, -0.1) is 0 Å². The Labute approximate surface area is 222 Å². The molecule has 2 aliphatic carbocycles. The van der Waals surface area contributed by atoms with Crippen LogP contribution in [0.3, 0.4) is 0 Å². The summed E-state index contributed by atoms with van der Waals surface area (Å²) in [5.41, 5.74) is -1.49. The van der Waals surface area contributed by atoms with Gasteiger partial charge in [0.1, 0.15) is 11.6 Å². The largest absolute Gasteiger partial charge is 0.429 e. The minimum Gasteiger partial charge on any atom is -0.429 e. The van der Waals surface area contributed by atoms with E-state index in [9.17, 15) is 26.3 Å². The fraction of sp³-hybridized carbons (Fsp3) is 0.613. The Kier molecular flexibility index (Phi) is 9.36. The summed E-state index contributed by atoms with van der Waals surface area (Å²) in [6, 6.07) is 7.47. The van der Waals surface area contributed by atoms with Crippen molar-refractivity contribution in [3.8, 4) is 5.75 Å². The van der Waals surface area contributed by atoms with Crippen molar-refractivity contribution in [3.05, 3.63) is 65.0 Å². The molecule has 1 nitrogen and oxygen atoms in total. The zero-order valence-electron chi connectivity index (χ0n) is 22.0. The predicted molar refractivity (Wildman–Crippen MR) is 137 cm³/mol. The second-order valence-electron chi connectivity index (χ2n) is 11.4. The maximum absolute atomic E-state index is 14.5. The lowest BCUT2D eigenvalue weighted by molar-refractivity contribution is -0.186. The molecule has 0 saturated heterocycles. The van der Waals surface area contributed by atoms with Crippen molar-refractivity contribution in [1.82, 2.24) is 0 Å². The van der Waals surface area contributed by atoms with Gasteiger partial charge < -0.3 is 4.74 Å². The lowest BCUT2D eigenvalue weighted by Crippen LogP contribution is -2.23. The lowest BCUT2D eigenvalue weighted by Gasteiger charge is -2.32. The third-order valence-electron chi connectivity index (χ3n) is 8.70. The molecule has 7 heteroatoms. The van der Waals surface area contributed by atoms with Crippen LogP contribution in [0, 0.1) is 23.6 Å². The Balaban J connectivity index is 1.24. The van der Waals surface area contributed by atoms with Crippen molar-refractivity contribution in [2.75, 3.05) is 0 Å². The Hall–Kier alpha value is -2.18. The smallest absolute Gasteiger partial charge is 0.426 e. The molecular weight excluding hydrogens is 502 g/mol. The zero-order valence-corrected chi connectivity index (χ0v) is 22.0. The molecule has 0 aliphatic heterocycles. The summed E-state index contributed by atoms with van der Waals surface area (Å²) in [4.78, 5) is 0. The van der Waals surface area contributed by atoms with Gasteiger partial charge in [-0.25, -0.2) is 4.39 Å². The van der Waals surface area contributed by atoms with Crippen LogP contribution in [0.1, 0.15) is 107 Å². The van der Waals surface area contributed by atoms with E-state index in [0.717, 1.165) is 36.2 Å². The number of benzene rings is 2. The standard InChI is InChI=1S/C31H38F6O/c1-2-3-21-4-6-22(7-5-21)8-9-23-10-12-24(13-11-23)25-14-17-27(18-15-25)38-31(36,37)26-16-19-28(29(32)20-26)30(33,34)35/h14-24H,2-13H2,1H3. The molecule has 0 aromatic heterocycles. The number of halogens is 6. The molecule has 0 N–H and O–H groups in total. The summed E-state index contributed by atoms with van der Waals surface area (Å²) in [5.74, 6) is 1.11. The summed E-state index contributed by atoms with van der Waals surface area (Å²) in [5, 5.41) is 0. The first-order valence-electron chi connectivity index (χ1n) is 14.1. The maximum Gasteiger partial charge on any atom is 0.426 e. The zero-order chi connectivity index (χ0) is 27.3. The van der Waals surface area contributed by atoms with E-state index in [1.807, 2.05) is 0 Å². The third kappa shape index (κ3) is 7.47. The Morgan fingerprint density at radius 2 is 1.24 bits per heavy atom. The van der Waals surface area contributed by atoms with Crippen molar-refractivity contribution in [2.45, 2.75) is 102 Å². The van der Waals surface area contributed by atoms with Gasteiger partial charge in [0.25, 0.3) is 0 Å². The molecule has 0 spiro atoms. The van der Waals surface area contributed by atoms with Crippen LogP contribution in [-0.4, -0.2) is 0 Å². The van der Waals surface area contributed by atoms with Gasteiger partial charge in [0, 0.05) is 0 Å². The minimum atomic E-state index is -4.96. The van der Waals surface area contributed by atoms with Crippen molar-refractivity contribution in [2.24, 2.45) is 17.8 Å². The first kappa shape index (κ1) is 28.8. The molecule has 2 aromatic rings. The molecule has 0 heterocycles. The lowest BCUT2D eigenvalue weighted by atomic mass is 9.74. The third-order valence-corrected chi connectivity index (χ3v) is 8.70. The minimum absolute atomic E-state index is 0.124. The van der Waals surface area contributed by atoms with E-state index >= 15 is 0 Å². The molecule has 2 aliphatic rings. The Morgan fingerprint density at radius 3 is 1.74 bits per heavy atom. The van der Waals surface area contributed by atoms with E-state index < -0.39 is 29.2 Å². The van der Waals surface area contributed by atoms with Gasteiger partial charge in [-0.1, -0.05) is 70.4 Å². The van der Waals surface area contributed by atoms with E-state index in [1.54, 1.807) is 12.1 Å². The summed E-state index contributed by atoms with van der Waals surface area (Å²) >= 11 is 0. The van der Waals surface area contributed by atoms with Gasteiger partial charge in [0.15, 0.2) is 0 Å². The maximum atomic E-state index is 14.5. The second-order valence-corrected chi connectivity index (χ2v) is 11.4. The van der Waals surface area contributed by atoms with Crippen LogP contribution in [0.15, 0.2) is 42.5 Å². The highest BCUT2D eigenvalue weighted by Gasteiger charge is 2.39. The highest BCUT2D eigenvalue weighted by molar-refractivity contribution is 5.32. The summed E-state index contributed by atoms with van der Waals surface area (Å²) in [7, 11) is 0. The average molecular weight is 541 g/mol. The van der Waals surface area contributed by atoms with Gasteiger partial charge in [-0.05, 0) is 85.3 Å². The van der Waals surface area contributed by atoms with Gasteiger partial charge in [0.2, 0.25) is 0 Å². The number of alkyl halides is 5. The molecule has 0 radical (unpaired) electrons. The highest BCUT2D eigenvalue weighted by atomic mass is 19.4. The first-order chi connectivity index (χ1) is 18.0. The summed E-state index contributed by atoms with van der Waals surface area (Å²) in [6.45, 7) is 2.28. The van der Waals surface area contributed by atoms with E-state index in [1.165, 1.54) is 76.3 Å². The summed E-state index contributed by atoms with van der Waals surface area (Å²) in [6.07, 6.45) is 6.51. The average Bonchev–Trinajstić information content (AvgIpc) is 2.88. The number of hydrogen-bond acceptors (Lipinski definition) is 1. The highest BCUT2D eigenvalue weighted by Crippen LogP contribution is 2.41. The molecule has 0 amide bonds. The van der Waals surface area contributed by atoms with E-state index in [0.29, 0.717) is 18.1 Å². The van der Waals surface area contributed by atoms with Gasteiger partial charge >= 0.3 is 12.3 Å². The van der Waals surface area contributed by atoms with Crippen LogP contribution < -0.4 is 4.74 Å². The van der Waals surface area contributed by atoms with E-state index in [4.69, 9.17) is 4.74 Å². The molecule has 2 aromatic carbocycles. The van der Waals surface area contributed by atoms with Crippen LogP contribution in [0.4, 0.5) is 26.3 Å². The van der Waals surface area contributed by atoms with Crippen LogP contribution in [0.25, 0.3) is 0 Å². The normalized spacial score (nSPS) is 24.8. The molecule has 4 rings (SSSR count). The number of rotatable bonds is 9. The van der Waals surface area contributed by atoms with Crippen molar-refractivity contribution >= 4 is 0 Å². The van der Waals surface area contributed by atoms with Crippen LogP contribution in [0.5, 0.6) is 5.75 Å². The topological polar surface area (TPSA) is 9.23 Å².